The third kappa shape index (κ3) is 7.25. The number of hydrogen-bond acceptors (Lipinski definition) is 8. The molecule has 0 radical (unpaired) electrons. The molecular formula is C23H28N4O6S. The summed E-state index contributed by atoms with van der Waals surface area (Å²) in [5, 5.41) is 17.5. The van der Waals surface area contributed by atoms with Crippen molar-refractivity contribution in [1.29, 1.82) is 10.7 Å². The molecule has 2 aromatic rings. The van der Waals surface area contributed by atoms with E-state index in [1.54, 1.807) is 38.2 Å². The first-order chi connectivity index (χ1) is 16.1. The Balaban J connectivity index is 2.35. The number of aromatic nitrogens is 1. The molecule has 1 aromatic heterocycles. The molecule has 0 aliphatic heterocycles. The van der Waals surface area contributed by atoms with Gasteiger partial charge in [-0.2, -0.15) is 5.26 Å². The summed E-state index contributed by atoms with van der Waals surface area (Å²) in [5.41, 5.74) is 1.37. The van der Waals surface area contributed by atoms with Crippen LogP contribution in [0.1, 0.15) is 38.7 Å². The minimum Gasteiger partial charge on any atom is -0.461 e. The maximum absolute atomic E-state index is 13.2. The molecule has 3 N–H and O–H groups in total. The van der Waals surface area contributed by atoms with E-state index in [1.165, 1.54) is 0 Å². The number of nitriles is 1. The fraction of sp³-hybridized carbons (Fsp3) is 0.435. The number of Topliss-reactive ketones (excluding diaryl/α,β-unsaturated/α-hetero) is 1. The molecule has 1 aromatic carbocycles. The van der Waals surface area contributed by atoms with Crippen LogP contribution in [-0.4, -0.2) is 60.4 Å². The first kappa shape index (κ1) is 26.7. The number of carbonyl (C=O) groups is 3. The highest BCUT2D eigenvalue weighted by atomic mass is 32.2. The van der Waals surface area contributed by atoms with Crippen LogP contribution in [0, 0.1) is 16.7 Å². The van der Waals surface area contributed by atoms with Crippen LogP contribution < -0.4 is 5.32 Å². The number of aromatic amines is 1. The average molecular weight is 489 g/mol. The zero-order chi connectivity index (χ0) is 25.3. The topological polar surface area (TPSA) is 170 Å². The molecule has 1 amide bonds. The van der Waals surface area contributed by atoms with Gasteiger partial charge in [0.05, 0.1) is 24.1 Å². The van der Waals surface area contributed by atoms with Crippen LogP contribution in [0.5, 0.6) is 0 Å². The Morgan fingerprint density at radius 3 is 2.62 bits per heavy atom. The molecule has 0 aliphatic rings. The first-order valence-electron chi connectivity index (χ1n) is 10.8. The second-order valence-corrected chi connectivity index (χ2v) is 10.3. The second-order valence-electron chi connectivity index (χ2n) is 8.02. The summed E-state index contributed by atoms with van der Waals surface area (Å²) < 4.78 is 31.2. The molecule has 0 fully saturated rings. The minimum atomic E-state index is -4.06. The van der Waals surface area contributed by atoms with E-state index in [1.807, 2.05) is 12.1 Å². The number of hydrogen-bond donors (Lipinski definition) is 3. The van der Waals surface area contributed by atoms with Gasteiger partial charge in [-0.25, -0.2) is 13.2 Å². The molecule has 0 saturated carbocycles. The van der Waals surface area contributed by atoms with Crippen LogP contribution in [0.15, 0.2) is 30.5 Å². The molecule has 0 spiro atoms. The van der Waals surface area contributed by atoms with E-state index >= 15 is 0 Å². The minimum absolute atomic E-state index is 0.149. The van der Waals surface area contributed by atoms with Crippen molar-refractivity contribution in [2.24, 2.45) is 0 Å². The van der Waals surface area contributed by atoms with Gasteiger partial charge in [-0.15, -0.1) is 0 Å². The number of nitrogens with one attached hydrogen (secondary N) is 3. The number of ketones is 1. The normalized spacial score (nSPS) is 13.1. The number of carbonyl (C=O) groups excluding carboxylic acids is 3. The molecular weight excluding hydrogens is 460 g/mol. The Morgan fingerprint density at radius 1 is 1.26 bits per heavy atom. The van der Waals surface area contributed by atoms with Gasteiger partial charge in [0.15, 0.2) is 15.6 Å². The van der Waals surface area contributed by atoms with Crippen LogP contribution in [0.3, 0.4) is 0 Å². The summed E-state index contributed by atoms with van der Waals surface area (Å²) in [6.07, 6.45) is 0.935. The van der Waals surface area contributed by atoms with Crippen molar-refractivity contribution in [1.82, 2.24) is 10.3 Å². The van der Waals surface area contributed by atoms with E-state index in [4.69, 9.17) is 15.4 Å². The molecule has 182 valence electrons. The summed E-state index contributed by atoms with van der Waals surface area (Å²) in [7, 11) is -4.06. The Labute approximate surface area is 198 Å². The van der Waals surface area contributed by atoms with Crippen molar-refractivity contribution >= 4 is 44.6 Å². The average Bonchev–Trinajstić information content (AvgIpc) is 3.20. The molecule has 34 heavy (non-hydrogen) atoms. The SMILES string of the molecule is CC(C)OC(=O)[C@H](CCC(=O)C=N)NC(=O)[C@H](Cc1c[nH]c2ccccc12)S(=O)(=O)CCC#N. The van der Waals surface area contributed by atoms with E-state index in [0.717, 1.165) is 10.9 Å². The molecule has 0 unspecified atom stereocenters. The lowest BCUT2D eigenvalue weighted by Gasteiger charge is -2.22. The van der Waals surface area contributed by atoms with Crippen molar-refractivity contribution < 1.29 is 27.5 Å². The van der Waals surface area contributed by atoms with Crippen molar-refractivity contribution in [2.75, 3.05) is 5.75 Å². The first-order valence-corrected chi connectivity index (χ1v) is 12.5. The number of ether oxygens (including phenoxy) is 1. The standard InChI is InChI=1S/C23H28N4O6S/c1-15(2)33-23(30)20(9-8-17(28)13-25)27-22(29)21(34(31,32)11-5-10-24)12-16-14-26-19-7-4-3-6-18(16)19/h3-4,6-7,13-15,20-21,25-26H,5,8-9,11-12H2,1-2H3,(H,27,29)/t20-,21-/m0/s1. The highest BCUT2D eigenvalue weighted by molar-refractivity contribution is 7.92. The lowest BCUT2D eigenvalue weighted by molar-refractivity contribution is -0.151. The van der Waals surface area contributed by atoms with E-state index in [2.05, 4.69) is 10.3 Å². The van der Waals surface area contributed by atoms with Gasteiger partial charge in [-0.1, -0.05) is 18.2 Å². The fourth-order valence-corrected chi connectivity index (χ4v) is 4.89. The number of fused-ring (bicyclic) bond motifs is 1. The Bertz CT molecular complexity index is 1200. The van der Waals surface area contributed by atoms with Crippen molar-refractivity contribution in [3.63, 3.8) is 0 Å². The predicted octanol–water partition coefficient (Wildman–Crippen LogP) is 1.84. The van der Waals surface area contributed by atoms with Gasteiger partial charge in [-0.3, -0.25) is 9.59 Å². The van der Waals surface area contributed by atoms with Crippen molar-refractivity contribution in [3.05, 3.63) is 36.0 Å². The maximum atomic E-state index is 13.2. The van der Waals surface area contributed by atoms with Crippen LogP contribution in [-0.2, 0) is 35.4 Å². The van der Waals surface area contributed by atoms with E-state index in [9.17, 15) is 22.8 Å². The lowest BCUT2D eigenvalue weighted by atomic mass is 10.1. The summed E-state index contributed by atoms with van der Waals surface area (Å²) in [6.45, 7) is 3.23. The summed E-state index contributed by atoms with van der Waals surface area (Å²) in [4.78, 5) is 40.3. The van der Waals surface area contributed by atoms with Gasteiger partial charge in [0.1, 0.15) is 11.3 Å². The van der Waals surface area contributed by atoms with Gasteiger partial charge in [-0.05, 0) is 31.9 Å². The Kier molecular flexibility index (Phi) is 9.50. The van der Waals surface area contributed by atoms with Crippen LogP contribution in [0.4, 0.5) is 0 Å². The number of H-pyrrole nitrogens is 1. The van der Waals surface area contributed by atoms with Crippen molar-refractivity contribution in [2.45, 2.75) is 56.9 Å². The molecule has 0 saturated heterocycles. The zero-order valence-electron chi connectivity index (χ0n) is 19.0. The predicted molar refractivity (Wildman–Crippen MR) is 126 cm³/mol. The smallest absolute Gasteiger partial charge is 0.328 e. The van der Waals surface area contributed by atoms with Gasteiger partial charge in [0.25, 0.3) is 0 Å². The molecule has 0 bridgehead atoms. The van der Waals surface area contributed by atoms with Gasteiger partial charge in [0, 0.05) is 36.4 Å². The molecule has 0 aliphatic carbocycles. The highest BCUT2D eigenvalue weighted by Crippen LogP contribution is 2.22. The fourth-order valence-electron chi connectivity index (χ4n) is 3.40. The van der Waals surface area contributed by atoms with Crippen molar-refractivity contribution in [3.8, 4) is 6.07 Å². The lowest BCUT2D eigenvalue weighted by Crippen LogP contribution is -2.50. The molecule has 2 atom stereocenters. The number of esters is 1. The number of benzene rings is 1. The van der Waals surface area contributed by atoms with Gasteiger partial charge in [0.2, 0.25) is 5.91 Å². The number of nitrogens with zero attached hydrogens (tertiary/aromatic N) is 1. The summed E-state index contributed by atoms with van der Waals surface area (Å²) in [5.74, 6) is -2.79. The molecule has 1 heterocycles. The van der Waals surface area contributed by atoms with Gasteiger partial charge < -0.3 is 20.4 Å². The van der Waals surface area contributed by atoms with Crippen LogP contribution in [0.25, 0.3) is 10.9 Å². The molecule has 10 nitrogen and oxygen atoms in total. The quantitative estimate of drug-likeness (QED) is 0.285. The molecule has 2 rings (SSSR count). The molecule has 11 heteroatoms. The van der Waals surface area contributed by atoms with Crippen LogP contribution in [0.2, 0.25) is 0 Å². The van der Waals surface area contributed by atoms with E-state index in [-0.39, 0.29) is 25.7 Å². The maximum Gasteiger partial charge on any atom is 0.328 e. The third-order valence-electron chi connectivity index (χ3n) is 5.10. The Morgan fingerprint density at radius 2 is 1.97 bits per heavy atom. The number of para-hydroxylation sites is 1. The highest BCUT2D eigenvalue weighted by Gasteiger charge is 2.36. The largest absolute Gasteiger partial charge is 0.461 e. The summed E-state index contributed by atoms with van der Waals surface area (Å²) >= 11 is 0. The Hall–Kier alpha value is -3.52. The third-order valence-corrected chi connectivity index (χ3v) is 7.12. The van der Waals surface area contributed by atoms with Gasteiger partial charge >= 0.3 is 5.97 Å². The number of amides is 1. The number of rotatable bonds is 13. The van der Waals surface area contributed by atoms with E-state index < -0.39 is 50.6 Å². The van der Waals surface area contributed by atoms with Crippen LogP contribution >= 0.6 is 0 Å². The second kappa shape index (κ2) is 12.1. The monoisotopic (exact) mass is 488 g/mol. The van der Waals surface area contributed by atoms with E-state index in [0.29, 0.717) is 11.8 Å². The zero-order valence-corrected chi connectivity index (χ0v) is 19.9. The summed E-state index contributed by atoms with van der Waals surface area (Å²) in [6, 6.07) is 7.72. The number of sulfone groups is 1.